The zero-order valence-electron chi connectivity index (χ0n) is 19.4. The summed E-state index contributed by atoms with van der Waals surface area (Å²) < 4.78 is 33.2. The van der Waals surface area contributed by atoms with Gasteiger partial charge in [-0.1, -0.05) is 6.07 Å². The van der Waals surface area contributed by atoms with E-state index >= 15 is 0 Å². The van der Waals surface area contributed by atoms with Gasteiger partial charge in [0.2, 0.25) is 0 Å². The van der Waals surface area contributed by atoms with Gasteiger partial charge in [-0.25, -0.2) is 23.4 Å². The number of amides is 1. The van der Waals surface area contributed by atoms with Crippen molar-refractivity contribution in [2.75, 3.05) is 22.5 Å². The van der Waals surface area contributed by atoms with Crippen LogP contribution in [0.15, 0.2) is 77.8 Å². The van der Waals surface area contributed by atoms with Crippen molar-refractivity contribution in [2.45, 2.75) is 11.8 Å². The van der Waals surface area contributed by atoms with Crippen molar-refractivity contribution in [3.05, 3.63) is 84.3 Å². The molecule has 0 aliphatic heterocycles. The van der Waals surface area contributed by atoms with Crippen LogP contribution in [-0.4, -0.2) is 36.4 Å². The van der Waals surface area contributed by atoms with Crippen LogP contribution in [0.25, 0.3) is 0 Å². The molecule has 184 valence electrons. The highest BCUT2D eigenvalue weighted by Gasteiger charge is 2.19. The summed E-state index contributed by atoms with van der Waals surface area (Å²) in [6.45, 7) is 1.77. The Labute approximate surface area is 207 Å². The monoisotopic (exact) mass is 505 g/mol. The number of pyridine rings is 1. The molecule has 0 bridgehead atoms. The molecule has 0 saturated heterocycles. The van der Waals surface area contributed by atoms with Crippen LogP contribution in [0.3, 0.4) is 0 Å². The number of benzene rings is 2. The zero-order chi connectivity index (χ0) is 25.7. The highest BCUT2D eigenvalue weighted by Crippen LogP contribution is 2.25. The summed E-state index contributed by atoms with van der Waals surface area (Å²) in [7, 11) is -2.61. The number of hydrogen-bond acceptors (Lipinski definition) is 9. The maximum Gasteiger partial charge on any atom is 0.261 e. The molecule has 1 amide bonds. The van der Waals surface area contributed by atoms with E-state index in [0.29, 0.717) is 34.7 Å². The number of carbonyl (C=O) groups is 1. The van der Waals surface area contributed by atoms with Crippen LogP contribution < -0.4 is 25.8 Å². The van der Waals surface area contributed by atoms with E-state index in [0.717, 1.165) is 0 Å². The number of aryl methyl sites for hydroxylation is 1. The fraction of sp³-hybridized carbons (Fsp3) is 0.0833. The molecule has 0 radical (unpaired) electrons. The number of nitrogens with zero attached hydrogens (tertiary/aromatic N) is 3. The number of anilines is 5. The van der Waals surface area contributed by atoms with Gasteiger partial charge in [-0.3, -0.25) is 9.52 Å². The Balaban J connectivity index is 1.48. The summed E-state index contributed by atoms with van der Waals surface area (Å²) in [5.41, 5.74) is 6.31. The molecular formula is C24H23N7O4S. The van der Waals surface area contributed by atoms with Crippen LogP contribution in [0.4, 0.5) is 28.8 Å². The van der Waals surface area contributed by atoms with Crippen molar-refractivity contribution in [1.29, 1.82) is 0 Å². The normalized spacial score (nSPS) is 10.9. The first kappa shape index (κ1) is 24.4. The summed E-state index contributed by atoms with van der Waals surface area (Å²) in [5, 5.41) is 6.29. The Bertz CT molecular complexity index is 1500. The van der Waals surface area contributed by atoms with Crippen LogP contribution >= 0.6 is 0 Å². The second-order valence-corrected chi connectivity index (χ2v) is 9.24. The number of ether oxygens (including phenoxy) is 1. The molecule has 36 heavy (non-hydrogen) atoms. The van der Waals surface area contributed by atoms with Crippen LogP contribution in [0.5, 0.6) is 5.75 Å². The summed E-state index contributed by atoms with van der Waals surface area (Å²) in [5.74, 6) is 1.72. The number of hydrogen-bond donors (Lipinski definition) is 4. The molecule has 0 fully saturated rings. The molecule has 0 spiro atoms. The van der Waals surface area contributed by atoms with Crippen molar-refractivity contribution < 1.29 is 17.9 Å². The minimum Gasteiger partial charge on any atom is -0.496 e. The Morgan fingerprint density at radius 2 is 1.58 bits per heavy atom. The lowest BCUT2D eigenvalue weighted by Crippen LogP contribution is -2.16. The van der Waals surface area contributed by atoms with Gasteiger partial charge in [0.1, 0.15) is 29.0 Å². The van der Waals surface area contributed by atoms with Crippen molar-refractivity contribution >= 4 is 44.8 Å². The molecule has 5 N–H and O–H groups in total. The van der Waals surface area contributed by atoms with E-state index in [1.807, 2.05) is 18.2 Å². The van der Waals surface area contributed by atoms with Crippen LogP contribution in [0.2, 0.25) is 0 Å². The third-order valence-corrected chi connectivity index (χ3v) is 6.29. The van der Waals surface area contributed by atoms with Crippen LogP contribution in [0, 0.1) is 6.92 Å². The highest BCUT2D eigenvalue weighted by molar-refractivity contribution is 7.92. The molecule has 11 nitrogen and oxygen atoms in total. The standard InChI is InChI=1S/C24H23N7O4S/c1-15-27-22(14-23(28-15)30-21-5-3-4-12-26-21)29-16-6-8-17(9-7-16)31-36(33,34)18-10-11-20(35-2)19(13-18)24(25)32/h3-14,31H,1-2H3,(H2,25,32)(H2,26,27,28,29,30). The fourth-order valence-corrected chi connectivity index (χ4v) is 4.38. The average molecular weight is 506 g/mol. The molecule has 12 heteroatoms. The molecule has 2 aromatic carbocycles. The molecule has 4 aromatic rings. The number of methoxy groups -OCH3 is 1. The maximum atomic E-state index is 12.8. The zero-order valence-corrected chi connectivity index (χ0v) is 20.2. The van der Waals surface area contributed by atoms with E-state index < -0.39 is 15.9 Å². The SMILES string of the molecule is COc1ccc(S(=O)(=O)Nc2ccc(Nc3cc(Nc4ccccn4)nc(C)n3)cc2)cc1C(N)=O. The number of sulfonamides is 1. The highest BCUT2D eigenvalue weighted by atomic mass is 32.2. The third kappa shape index (κ3) is 5.85. The minimum absolute atomic E-state index is 0.0306. The summed E-state index contributed by atoms with van der Waals surface area (Å²) >= 11 is 0. The number of primary amides is 1. The molecule has 0 aliphatic carbocycles. The van der Waals surface area contributed by atoms with Gasteiger partial charge in [-0.2, -0.15) is 0 Å². The molecule has 4 rings (SSSR count). The van der Waals surface area contributed by atoms with Gasteiger partial charge in [0.15, 0.2) is 0 Å². The Morgan fingerprint density at radius 3 is 2.22 bits per heavy atom. The van der Waals surface area contributed by atoms with Gasteiger partial charge < -0.3 is 21.1 Å². The Hall–Kier alpha value is -4.71. The fourth-order valence-electron chi connectivity index (χ4n) is 3.29. The molecule has 0 atom stereocenters. The Morgan fingerprint density at radius 1 is 0.889 bits per heavy atom. The first-order valence-corrected chi connectivity index (χ1v) is 12.1. The van der Waals surface area contributed by atoms with E-state index in [2.05, 4.69) is 30.3 Å². The van der Waals surface area contributed by atoms with Gasteiger partial charge in [-0.15, -0.1) is 0 Å². The minimum atomic E-state index is -3.98. The van der Waals surface area contributed by atoms with Crippen molar-refractivity contribution in [2.24, 2.45) is 5.73 Å². The Kier molecular flexibility index (Phi) is 6.97. The van der Waals surface area contributed by atoms with E-state index in [1.54, 1.807) is 43.5 Å². The summed E-state index contributed by atoms with van der Waals surface area (Å²) in [6, 6.07) is 17.7. The maximum absolute atomic E-state index is 12.8. The van der Waals surface area contributed by atoms with E-state index in [4.69, 9.17) is 10.5 Å². The van der Waals surface area contributed by atoms with Gasteiger partial charge in [-0.05, 0) is 61.5 Å². The number of nitrogens with one attached hydrogen (secondary N) is 3. The molecular weight excluding hydrogens is 482 g/mol. The van der Waals surface area contributed by atoms with E-state index in [-0.39, 0.29) is 16.2 Å². The quantitative estimate of drug-likeness (QED) is 0.266. The lowest BCUT2D eigenvalue weighted by atomic mass is 10.2. The number of carbonyl (C=O) groups excluding carboxylic acids is 1. The van der Waals surface area contributed by atoms with Crippen molar-refractivity contribution in [1.82, 2.24) is 15.0 Å². The smallest absolute Gasteiger partial charge is 0.261 e. The second kappa shape index (κ2) is 10.3. The van der Waals surface area contributed by atoms with E-state index in [9.17, 15) is 13.2 Å². The molecule has 2 aromatic heterocycles. The topological polar surface area (TPSA) is 161 Å². The third-order valence-electron chi connectivity index (χ3n) is 4.92. The van der Waals surface area contributed by atoms with Crippen molar-refractivity contribution in [3.63, 3.8) is 0 Å². The number of rotatable bonds is 9. The molecule has 0 aliphatic rings. The van der Waals surface area contributed by atoms with Gasteiger partial charge in [0.25, 0.3) is 15.9 Å². The average Bonchev–Trinajstić information content (AvgIpc) is 2.85. The predicted molar refractivity (Wildman–Crippen MR) is 136 cm³/mol. The second-order valence-electron chi connectivity index (χ2n) is 7.56. The number of aromatic nitrogens is 3. The molecule has 0 unspecified atom stereocenters. The predicted octanol–water partition coefficient (Wildman–Crippen LogP) is 3.58. The number of nitrogens with two attached hydrogens (primary N) is 1. The molecule has 2 heterocycles. The van der Waals surface area contributed by atoms with Crippen molar-refractivity contribution in [3.8, 4) is 5.75 Å². The molecule has 0 saturated carbocycles. The lowest BCUT2D eigenvalue weighted by Gasteiger charge is -2.12. The summed E-state index contributed by atoms with van der Waals surface area (Å²) in [4.78, 5) is 24.5. The van der Waals surface area contributed by atoms with Gasteiger partial charge in [0.05, 0.1) is 17.6 Å². The first-order valence-electron chi connectivity index (χ1n) is 10.6. The van der Waals surface area contributed by atoms with Crippen LogP contribution in [0.1, 0.15) is 16.2 Å². The van der Waals surface area contributed by atoms with Gasteiger partial charge >= 0.3 is 0 Å². The van der Waals surface area contributed by atoms with Gasteiger partial charge in [0, 0.05) is 23.6 Å². The largest absolute Gasteiger partial charge is 0.496 e. The lowest BCUT2D eigenvalue weighted by molar-refractivity contribution is 0.0997. The summed E-state index contributed by atoms with van der Waals surface area (Å²) in [6.07, 6.45) is 1.68. The van der Waals surface area contributed by atoms with E-state index in [1.165, 1.54) is 25.3 Å². The first-order chi connectivity index (χ1) is 17.2. The van der Waals surface area contributed by atoms with Crippen LogP contribution in [-0.2, 0) is 10.0 Å².